The van der Waals surface area contributed by atoms with Crippen LogP contribution in [0.1, 0.15) is 22.8 Å². The van der Waals surface area contributed by atoms with E-state index in [4.69, 9.17) is 0 Å². The smallest absolute Gasteiger partial charge is 0.150 e. The lowest BCUT2D eigenvalue weighted by atomic mass is 10.1. The molecule has 0 amide bonds. The van der Waals surface area contributed by atoms with Crippen LogP contribution >= 0.6 is 0 Å². The van der Waals surface area contributed by atoms with Gasteiger partial charge in [0.2, 0.25) is 0 Å². The maximum absolute atomic E-state index is 10.6. The van der Waals surface area contributed by atoms with E-state index in [0.717, 1.165) is 30.6 Å². The van der Waals surface area contributed by atoms with Gasteiger partial charge in [-0.15, -0.1) is 0 Å². The Labute approximate surface area is 108 Å². The normalized spacial score (nSPS) is 10.1. The van der Waals surface area contributed by atoms with Gasteiger partial charge in [0, 0.05) is 24.3 Å². The van der Waals surface area contributed by atoms with E-state index >= 15 is 0 Å². The number of aldehydes is 1. The van der Waals surface area contributed by atoms with Gasteiger partial charge >= 0.3 is 0 Å². The molecule has 2 aromatic carbocycles. The maximum Gasteiger partial charge on any atom is 0.150 e. The highest BCUT2D eigenvalue weighted by Crippen LogP contribution is 2.17. The van der Waals surface area contributed by atoms with E-state index in [9.17, 15) is 4.79 Å². The molecule has 2 nitrogen and oxygen atoms in total. The van der Waals surface area contributed by atoms with Crippen molar-refractivity contribution >= 4 is 12.0 Å². The average Bonchev–Trinajstić information content (AvgIpc) is 2.46. The summed E-state index contributed by atoms with van der Waals surface area (Å²) in [7, 11) is 0. The SMILES string of the molecule is CCN(Cc1ccccc1)c1ccc(C=O)cc1. The number of rotatable bonds is 5. The molecule has 0 fully saturated rings. The molecule has 92 valence electrons. The number of carbonyl (C=O) groups is 1. The fourth-order valence-corrected chi connectivity index (χ4v) is 1.95. The van der Waals surface area contributed by atoms with E-state index < -0.39 is 0 Å². The first-order valence-corrected chi connectivity index (χ1v) is 6.17. The first kappa shape index (κ1) is 12.4. The van der Waals surface area contributed by atoms with Crippen molar-refractivity contribution in [2.75, 3.05) is 11.4 Å². The summed E-state index contributed by atoms with van der Waals surface area (Å²) in [5.41, 5.74) is 3.15. The molecule has 0 aliphatic carbocycles. The van der Waals surface area contributed by atoms with Crippen molar-refractivity contribution in [3.8, 4) is 0 Å². The lowest BCUT2D eigenvalue weighted by molar-refractivity contribution is 0.112. The molecular weight excluding hydrogens is 222 g/mol. The van der Waals surface area contributed by atoms with Gasteiger partial charge in [0.15, 0.2) is 0 Å². The number of carbonyl (C=O) groups excluding carboxylic acids is 1. The fraction of sp³-hybridized carbons (Fsp3) is 0.188. The van der Waals surface area contributed by atoms with Crippen LogP contribution in [0.2, 0.25) is 0 Å². The molecule has 0 aromatic heterocycles. The van der Waals surface area contributed by atoms with Crippen LogP contribution in [0.25, 0.3) is 0 Å². The second-order valence-corrected chi connectivity index (χ2v) is 4.21. The molecule has 2 heteroatoms. The summed E-state index contributed by atoms with van der Waals surface area (Å²) in [4.78, 5) is 12.9. The van der Waals surface area contributed by atoms with E-state index in [1.807, 2.05) is 30.3 Å². The molecule has 0 spiro atoms. The van der Waals surface area contributed by atoms with Crippen LogP contribution in [0, 0.1) is 0 Å². The van der Waals surface area contributed by atoms with Crippen LogP contribution in [-0.4, -0.2) is 12.8 Å². The summed E-state index contributed by atoms with van der Waals surface area (Å²) in [5.74, 6) is 0. The standard InChI is InChI=1S/C16H17NO/c1-2-17(12-14-6-4-3-5-7-14)16-10-8-15(13-18)9-11-16/h3-11,13H,2,12H2,1H3. The molecule has 0 N–H and O–H groups in total. The molecule has 2 rings (SSSR count). The van der Waals surface area contributed by atoms with Gasteiger partial charge in [-0.3, -0.25) is 4.79 Å². The predicted molar refractivity (Wildman–Crippen MR) is 75.0 cm³/mol. The molecule has 0 heterocycles. The Bertz CT molecular complexity index is 490. The Morgan fingerprint density at radius 1 is 1.00 bits per heavy atom. The molecule has 2 aromatic rings. The quantitative estimate of drug-likeness (QED) is 0.744. The molecular formula is C16H17NO. The molecule has 0 radical (unpaired) electrons. The Balaban J connectivity index is 2.15. The zero-order chi connectivity index (χ0) is 12.8. The first-order chi connectivity index (χ1) is 8.83. The Hall–Kier alpha value is -2.09. The molecule has 0 unspecified atom stereocenters. The van der Waals surface area contributed by atoms with Crippen molar-refractivity contribution in [2.24, 2.45) is 0 Å². The number of hydrogen-bond acceptors (Lipinski definition) is 2. The summed E-state index contributed by atoms with van der Waals surface area (Å²) in [5, 5.41) is 0. The van der Waals surface area contributed by atoms with Gasteiger partial charge in [-0.25, -0.2) is 0 Å². The summed E-state index contributed by atoms with van der Waals surface area (Å²) in [6.07, 6.45) is 0.872. The van der Waals surface area contributed by atoms with Crippen LogP contribution in [0.3, 0.4) is 0 Å². The third kappa shape index (κ3) is 2.98. The number of benzene rings is 2. The highest BCUT2D eigenvalue weighted by atomic mass is 16.1. The minimum Gasteiger partial charge on any atom is -0.367 e. The Morgan fingerprint density at radius 3 is 2.22 bits per heavy atom. The zero-order valence-electron chi connectivity index (χ0n) is 10.5. The van der Waals surface area contributed by atoms with E-state index in [-0.39, 0.29) is 0 Å². The third-order valence-corrected chi connectivity index (χ3v) is 2.99. The molecule has 18 heavy (non-hydrogen) atoms. The van der Waals surface area contributed by atoms with Crippen molar-refractivity contribution in [1.82, 2.24) is 0 Å². The van der Waals surface area contributed by atoms with E-state index in [0.29, 0.717) is 0 Å². The number of nitrogens with zero attached hydrogens (tertiary/aromatic N) is 1. The highest BCUT2D eigenvalue weighted by Gasteiger charge is 2.04. The van der Waals surface area contributed by atoms with Crippen LogP contribution < -0.4 is 4.90 Å². The molecule has 0 saturated carbocycles. The first-order valence-electron chi connectivity index (χ1n) is 6.17. The highest BCUT2D eigenvalue weighted by molar-refractivity contribution is 5.75. The summed E-state index contributed by atoms with van der Waals surface area (Å²) in [6, 6.07) is 18.1. The van der Waals surface area contributed by atoms with Gasteiger partial charge in [-0.1, -0.05) is 30.3 Å². The zero-order valence-corrected chi connectivity index (χ0v) is 10.5. The Kier molecular flexibility index (Phi) is 4.13. The van der Waals surface area contributed by atoms with E-state index in [1.54, 1.807) is 0 Å². The van der Waals surface area contributed by atoms with Gasteiger partial charge < -0.3 is 4.90 Å². The third-order valence-electron chi connectivity index (χ3n) is 2.99. The van der Waals surface area contributed by atoms with Crippen molar-refractivity contribution in [3.05, 3.63) is 65.7 Å². The molecule has 0 aliphatic heterocycles. The second kappa shape index (κ2) is 6.01. The molecule has 0 bridgehead atoms. The second-order valence-electron chi connectivity index (χ2n) is 4.21. The monoisotopic (exact) mass is 239 g/mol. The van der Waals surface area contributed by atoms with Crippen molar-refractivity contribution in [1.29, 1.82) is 0 Å². The number of hydrogen-bond donors (Lipinski definition) is 0. The van der Waals surface area contributed by atoms with Crippen LogP contribution in [0.4, 0.5) is 5.69 Å². The van der Waals surface area contributed by atoms with Gasteiger partial charge in [-0.05, 0) is 36.8 Å². The summed E-state index contributed by atoms with van der Waals surface area (Å²) < 4.78 is 0. The molecule has 0 atom stereocenters. The number of anilines is 1. The van der Waals surface area contributed by atoms with Crippen molar-refractivity contribution in [2.45, 2.75) is 13.5 Å². The van der Waals surface area contributed by atoms with E-state index in [1.165, 1.54) is 5.56 Å². The van der Waals surface area contributed by atoms with Crippen LogP contribution in [0.15, 0.2) is 54.6 Å². The minimum atomic E-state index is 0.717. The van der Waals surface area contributed by atoms with E-state index in [2.05, 4.69) is 36.1 Å². The summed E-state index contributed by atoms with van der Waals surface area (Å²) in [6.45, 7) is 3.96. The fourth-order valence-electron chi connectivity index (χ4n) is 1.95. The van der Waals surface area contributed by atoms with Gasteiger partial charge in [0.05, 0.1) is 0 Å². The molecule has 0 saturated heterocycles. The largest absolute Gasteiger partial charge is 0.367 e. The molecule has 0 aliphatic rings. The van der Waals surface area contributed by atoms with Crippen molar-refractivity contribution in [3.63, 3.8) is 0 Å². The van der Waals surface area contributed by atoms with Crippen LogP contribution in [0.5, 0.6) is 0 Å². The van der Waals surface area contributed by atoms with Gasteiger partial charge in [-0.2, -0.15) is 0 Å². The predicted octanol–water partition coefficient (Wildman–Crippen LogP) is 3.53. The van der Waals surface area contributed by atoms with Crippen LogP contribution in [-0.2, 0) is 6.54 Å². The summed E-state index contributed by atoms with van der Waals surface area (Å²) >= 11 is 0. The van der Waals surface area contributed by atoms with Crippen molar-refractivity contribution < 1.29 is 4.79 Å². The topological polar surface area (TPSA) is 20.3 Å². The van der Waals surface area contributed by atoms with Gasteiger partial charge in [0.25, 0.3) is 0 Å². The average molecular weight is 239 g/mol. The maximum atomic E-state index is 10.6. The Morgan fingerprint density at radius 2 is 1.67 bits per heavy atom. The lowest BCUT2D eigenvalue weighted by Gasteiger charge is -2.23. The lowest BCUT2D eigenvalue weighted by Crippen LogP contribution is -2.21. The minimum absolute atomic E-state index is 0.717. The van der Waals surface area contributed by atoms with Gasteiger partial charge in [0.1, 0.15) is 6.29 Å².